The Morgan fingerprint density at radius 2 is 2.00 bits per heavy atom. The second-order valence-electron chi connectivity index (χ2n) is 4.37. The summed E-state index contributed by atoms with van der Waals surface area (Å²) in [5, 5.41) is 3.08. The fourth-order valence-electron chi connectivity index (χ4n) is 2.05. The van der Waals surface area contributed by atoms with Gasteiger partial charge in [0.05, 0.1) is 0 Å². The molecule has 80 valence electrons. The molecule has 1 heterocycles. The molecule has 0 aromatic heterocycles. The van der Waals surface area contributed by atoms with Crippen molar-refractivity contribution >= 4 is 5.91 Å². The molecule has 2 nitrogen and oxygen atoms in total. The highest BCUT2D eigenvalue weighted by Gasteiger charge is 2.24. The quantitative estimate of drug-likeness (QED) is 0.784. The first-order valence-electron chi connectivity index (χ1n) is 5.60. The van der Waals surface area contributed by atoms with Crippen molar-refractivity contribution in [2.45, 2.75) is 32.2 Å². The molecule has 0 saturated carbocycles. The number of amides is 1. The van der Waals surface area contributed by atoms with E-state index < -0.39 is 0 Å². The highest BCUT2D eigenvalue weighted by atomic mass is 16.2. The van der Waals surface area contributed by atoms with Crippen LogP contribution in [0.25, 0.3) is 0 Å². The number of carbonyl (C=O) groups excluding carboxylic acids is 1. The van der Waals surface area contributed by atoms with Crippen molar-refractivity contribution in [1.29, 1.82) is 0 Å². The Balaban J connectivity index is 1.94. The van der Waals surface area contributed by atoms with Crippen molar-refractivity contribution in [2.75, 3.05) is 0 Å². The van der Waals surface area contributed by atoms with Gasteiger partial charge in [0.1, 0.15) is 0 Å². The lowest BCUT2D eigenvalue weighted by Crippen LogP contribution is -2.44. The van der Waals surface area contributed by atoms with Gasteiger partial charge in [0.15, 0.2) is 0 Å². The van der Waals surface area contributed by atoms with E-state index in [1.165, 1.54) is 5.56 Å². The van der Waals surface area contributed by atoms with Gasteiger partial charge in [-0.1, -0.05) is 37.3 Å². The molecule has 0 spiro atoms. The first kappa shape index (κ1) is 10.2. The topological polar surface area (TPSA) is 29.1 Å². The number of benzene rings is 1. The zero-order valence-corrected chi connectivity index (χ0v) is 9.07. The summed E-state index contributed by atoms with van der Waals surface area (Å²) in [6.45, 7) is 1.99. The lowest BCUT2D eigenvalue weighted by molar-refractivity contribution is -0.127. The summed E-state index contributed by atoms with van der Waals surface area (Å²) in [7, 11) is 0. The zero-order valence-electron chi connectivity index (χ0n) is 9.07. The summed E-state index contributed by atoms with van der Waals surface area (Å²) >= 11 is 0. The third kappa shape index (κ3) is 2.58. The van der Waals surface area contributed by atoms with E-state index >= 15 is 0 Å². The molecule has 2 heteroatoms. The zero-order chi connectivity index (χ0) is 10.7. The van der Waals surface area contributed by atoms with Crippen LogP contribution in [0.3, 0.4) is 0 Å². The molecule has 0 unspecified atom stereocenters. The van der Waals surface area contributed by atoms with Crippen LogP contribution in [0.2, 0.25) is 0 Å². The van der Waals surface area contributed by atoms with Crippen LogP contribution < -0.4 is 5.32 Å². The summed E-state index contributed by atoms with van der Waals surface area (Å²) in [5.74, 6) is 0.402. The molecule has 2 rings (SSSR count). The average molecular weight is 203 g/mol. The minimum Gasteiger partial charge on any atom is -0.353 e. The van der Waals surface area contributed by atoms with Crippen molar-refractivity contribution in [2.24, 2.45) is 5.92 Å². The van der Waals surface area contributed by atoms with Gasteiger partial charge in [0, 0.05) is 12.0 Å². The van der Waals surface area contributed by atoms with Crippen LogP contribution in [-0.2, 0) is 11.2 Å². The molecule has 1 amide bonds. The van der Waals surface area contributed by atoms with Gasteiger partial charge in [0.25, 0.3) is 0 Å². The Labute approximate surface area is 90.7 Å². The molecule has 0 bridgehead atoms. The van der Waals surface area contributed by atoms with Crippen LogP contribution in [0.4, 0.5) is 0 Å². The van der Waals surface area contributed by atoms with E-state index in [0.29, 0.717) is 6.04 Å². The van der Waals surface area contributed by atoms with Crippen LogP contribution >= 0.6 is 0 Å². The standard InChI is InChI=1S/C13H17NO/c1-10-7-8-12(14-13(10)15)9-11-5-3-2-4-6-11/h2-6,10,12H,7-9H2,1H3,(H,14,15)/t10-,12+/m0/s1. The van der Waals surface area contributed by atoms with E-state index in [-0.39, 0.29) is 11.8 Å². The van der Waals surface area contributed by atoms with Gasteiger partial charge in [-0.05, 0) is 24.8 Å². The van der Waals surface area contributed by atoms with Crippen LogP contribution in [0.1, 0.15) is 25.3 Å². The van der Waals surface area contributed by atoms with Crippen molar-refractivity contribution in [1.82, 2.24) is 5.32 Å². The summed E-state index contributed by atoms with van der Waals surface area (Å²) in [5.41, 5.74) is 1.30. The number of hydrogen-bond donors (Lipinski definition) is 1. The molecule has 1 aliphatic heterocycles. The fourth-order valence-corrected chi connectivity index (χ4v) is 2.05. The number of carbonyl (C=O) groups is 1. The van der Waals surface area contributed by atoms with Crippen molar-refractivity contribution in [3.05, 3.63) is 35.9 Å². The predicted octanol–water partition coefficient (Wildman–Crippen LogP) is 2.14. The second-order valence-corrected chi connectivity index (χ2v) is 4.37. The number of piperidine rings is 1. The van der Waals surface area contributed by atoms with Crippen LogP contribution in [0, 0.1) is 5.92 Å². The third-order valence-electron chi connectivity index (χ3n) is 3.07. The van der Waals surface area contributed by atoms with Gasteiger partial charge in [-0.3, -0.25) is 4.79 Å². The maximum atomic E-state index is 11.5. The van der Waals surface area contributed by atoms with Crippen molar-refractivity contribution in [3.8, 4) is 0 Å². The molecule has 0 radical (unpaired) electrons. The van der Waals surface area contributed by atoms with Crippen molar-refractivity contribution < 1.29 is 4.79 Å². The molecule has 1 aromatic rings. The third-order valence-corrected chi connectivity index (χ3v) is 3.07. The van der Waals surface area contributed by atoms with E-state index in [2.05, 4.69) is 17.4 Å². The number of nitrogens with one attached hydrogen (secondary N) is 1. The van der Waals surface area contributed by atoms with Crippen LogP contribution in [0.5, 0.6) is 0 Å². The first-order valence-corrected chi connectivity index (χ1v) is 5.60. The minimum absolute atomic E-state index is 0.192. The molecule has 1 fully saturated rings. The van der Waals surface area contributed by atoms with E-state index in [1.54, 1.807) is 0 Å². The molecule has 2 atom stereocenters. The predicted molar refractivity (Wildman–Crippen MR) is 60.5 cm³/mol. The summed E-state index contributed by atoms with van der Waals surface area (Å²) in [4.78, 5) is 11.5. The SMILES string of the molecule is C[C@H]1CC[C@H](Cc2ccccc2)NC1=O. The molecule has 1 aromatic carbocycles. The maximum Gasteiger partial charge on any atom is 0.223 e. The van der Waals surface area contributed by atoms with Gasteiger partial charge < -0.3 is 5.32 Å². The molecular formula is C13H17NO. The number of rotatable bonds is 2. The summed E-state index contributed by atoms with van der Waals surface area (Å²) < 4.78 is 0. The summed E-state index contributed by atoms with van der Waals surface area (Å²) in [6.07, 6.45) is 3.07. The lowest BCUT2D eigenvalue weighted by Gasteiger charge is -2.27. The van der Waals surface area contributed by atoms with Gasteiger partial charge in [-0.25, -0.2) is 0 Å². The molecule has 1 saturated heterocycles. The van der Waals surface area contributed by atoms with Crippen molar-refractivity contribution in [3.63, 3.8) is 0 Å². The average Bonchev–Trinajstić information content (AvgIpc) is 2.25. The van der Waals surface area contributed by atoms with Gasteiger partial charge >= 0.3 is 0 Å². The molecule has 1 aliphatic rings. The Hall–Kier alpha value is -1.31. The first-order chi connectivity index (χ1) is 7.25. The number of hydrogen-bond acceptors (Lipinski definition) is 1. The normalized spacial score (nSPS) is 26.1. The van der Waals surface area contributed by atoms with Gasteiger partial charge in [0.2, 0.25) is 5.91 Å². The maximum absolute atomic E-state index is 11.5. The smallest absolute Gasteiger partial charge is 0.223 e. The molecule has 1 N–H and O–H groups in total. The summed E-state index contributed by atoms with van der Waals surface area (Å²) in [6, 6.07) is 10.7. The Morgan fingerprint density at radius 3 is 2.67 bits per heavy atom. The van der Waals surface area contributed by atoms with E-state index in [1.807, 2.05) is 25.1 Å². The molecule has 15 heavy (non-hydrogen) atoms. The Bertz CT molecular complexity index is 334. The molecular weight excluding hydrogens is 186 g/mol. The minimum atomic E-state index is 0.192. The highest BCUT2D eigenvalue weighted by molar-refractivity contribution is 5.79. The van der Waals surface area contributed by atoms with E-state index in [9.17, 15) is 4.79 Å². The van der Waals surface area contributed by atoms with E-state index in [0.717, 1.165) is 19.3 Å². The fraction of sp³-hybridized carbons (Fsp3) is 0.462. The monoisotopic (exact) mass is 203 g/mol. The second kappa shape index (κ2) is 4.47. The van der Waals surface area contributed by atoms with Gasteiger partial charge in [-0.15, -0.1) is 0 Å². The van der Waals surface area contributed by atoms with E-state index in [4.69, 9.17) is 0 Å². The van der Waals surface area contributed by atoms with Crippen LogP contribution in [-0.4, -0.2) is 11.9 Å². The van der Waals surface area contributed by atoms with Gasteiger partial charge in [-0.2, -0.15) is 0 Å². The lowest BCUT2D eigenvalue weighted by atomic mass is 9.92. The largest absolute Gasteiger partial charge is 0.353 e. The Morgan fingerprint density at radius 1 is 1.27 bits per heavy atom. The van der Waals surface area contributed by atoms with Crippen LogP contribution in [0.15, 0.2) is 30.3 Å². The molecule has 0 aliphatic carbocycles. The Kier molecular flexibility index (Phi) is 3.05. The highest BCUT2D eigenvalue weighted by Crippen LogP contribution is 2.17.